The molecule has 3 aromatic heterocycles. The minimum Gasteiger partial charge on any atom is -0.339 e. The van der Waals surface area contributed by atoms with E-state index in [-0.39, 0.29) is 18.1 Å². The first-order valence-corrected chi connectivity index (χ1v) is 10.4. The van der Waals surface area contributed by atoms with Crippen LogP contribution in [0.4, 0.5) is 11.5 Å². The molecule has 0 saturated carbocycles. The van der Waals surface area contributed by atoms with Gasteiger partial charge in [0.1, 0.15) is 12.1 Å². The molecule has 10 heteroatoms. The van der Waals surface area contributed by atoms with E-state index in [1.165, 1.54) is 27.6 Å². The summed E-state index contributed by atoms with van der Waals surface area (Å²) in [6.45, 7) is 0.378. The molecule has 0 spiro atoms. The number of rotatable bonds is 4. The molecule has 4 heterocycles. The van der Waals surface area contributed by atoms with Crippen LogP contribution in [0.3, 0.4) is 0 Å². The van der Waals surface area contributed by atoms with Crippen molar-refractivity contribution in [2.45, 2.75) is 18.1 Å². The number of nitrogens with one attached hydrogen (secondary N) is 1. The first kappa shape index (κ1) is 17.7. The Bertz CT molecular complexity index is 1330. The van der Waals surface area contributed by atoms with Crippen molar-refractivity contribution >= 4 is 32.4 Å². The van der Waals surface area contributed by atoms with E-state index in [0.29, 0.717) is 11.5 Å². The Balaban J connectivity index is 1.46. The molecule has 0 fully saturated rings. The lowest BCUT2D eigenvalue weighted by Crippen LogP contribution is -2.27. The number of para-hydroxylation sites is 1. The second-order valence-electron chi connectivity index (χ2n) is 6.76. The Morgan fingerprint density at radius 2 is 1.93 bits per heavy atom. The summed E-state index contributed by atoms with van der Waals surface area (Å²) in [5.74, 6) is 0.579. The lowest BCUT2D eigenvalue weighted by Gasteiger charge is -2.15. The quantitative estimate of drug-likeness (QED) is 0.553. The van der Waals surface area contributed by atoms with Gasteiger partial charge in [-0.05, 0) is 18.2 Å². The third-order valence-electron chi connectivity index (χ3n) is 4.93. The van der Waals surface area contributed by atoms with E-state index in [1.54, 1.807) is 13.2 Å². The predicted octanol–water partition coefficient (Wildman–Crippen LogP) is 2.21. The molecule has 0 amide bonds. The lowest BCUT2D eigenvalue weighted by atomic mass is 10.2. The van der Waals surface area contributed by atoms with Crippen molar-refractivity contribution in [2.75, 3.05) is 5.32 Å². The smallest absolute Gasteiger partial charge is 0.260 e. The van der Waals surface area contributed by atoms with Crippen LogP contribution in [0, 0.1) is 0 Å². The van der Waals surface area contributed by atoms with Crippen molar-refractivity contribution in [2.24, 2.45) is 7.05 Å². The molecule has 146 valence electrons. The highest BCUT2D eigenvalue weighted by molar-refractivity contribution is 7.89. The minimum atomic E-state index is -3.69. The van der Waals surface area contributed by atoms with Gasteiger partial charge in [0.05, 0.1) is 35.8 Å². The van der Waals surface area contributed by atoms with Crippen LogP contribution in [-0.4, -0.2) is 37.5 Å². The van der Waals surface area contributed by atoms with Gasteiger partial charge in [-0.25, -0.2) is 18.4 Å². The number of aromatic nitrogens is 5. The summed E-state index contributed by atoms with van der Waals surface area (Å²) in [5, 5.41) is 8.38. The van der Waals surface area contributed by atoms with Crippen LogP contribution in [0.1, 0.15) is 11.3 Å². The Kier molecular flexibility index (Phi) is 4.03. The highest BCUT2D eigenvalue weighted by atomic mass is 32.2. The van der Waals surface area contributed by atoms with E-state index in [1.807, 2.05) is 30.3 Å². The largest absolute Gasteiger partial charge is 0.339 e. The van der Waals surface area contributed by atoms with Crippen molar-refractivity contribution in [3.63, 3.8) is 0 Å². The Labute approximate surface area is 167 Å². The van der Waals surface area contributed by atoms with E-state index in [0.717, 1.165) is 22.2 Å². The SMILES string of the molecule is Cn1nccc1S(=O)(=O)N1Cc2ncnc(Nc3cnc4ccccc4c3)c2C1. The molecule has 9 nitrogen and oxygen atoms in total. The van der Waals surface area contributed by atoms with E-state index in [2.05, 4.69) is 25.4 Å². The maximum atomic E-state index is 13.0. The van der Waals surface area contributed by atoms with Crippen LogP contribution in [0.5, 0.6) is 0 Å². The third kappa shape index (κ3) is 3.02. The molecular weight excluding hydrogens is 390 g/mol. The molecule has 1 N–H and O–H groups in total. The second-order valence-corrected chi connectivity index (χ2v) is 8.64. The van der Waals surface area contributed by atoms with Gasteiger partial charge in [0, 0.05) is 24.5 Å². The molecule has 29 heavy (non-hydrogen) atoms. The summed E-state index contributed by atoms with van der Waals surface area (Å²) in [5.41, 5.74) is 3.12. The fourth-order valence-corrected chi connectivity index (χ4v) is 4.92. The number of nitrogens with zero attached hydrogens (tertiary/aromatic N) is 6. The van der Waals surface area contributed by atoms with Gasteiger partial charge in [0.2, 0.25) is 0 Å². The van der Waals surface area contributed by atoms with Gasteiger partial charge in [0.15, 0.2) is 5.03 Å². The zero-order valence-electron chi connectivity index (χ0n) is 15.5. The normalized spacial score (nSPS) is 14.2. The fraction of sp³-hybridized carbons (Fsp3) is 0.158. The van der Waals surface area contributed by atoms with Gasteiger partial charge in [0.25, 0.3) is 10.0 Å². The van der Waals surface area contributed by atoms with Crippen LogP contribution in [0.25, 0.3) is 10.9 Å². The number of fused-ring (bicyclic) bond motifs is 2. The number of aryl methyl sites for hydroxylation is 1. The summed E-state index contributed by atoms with van der Waals surface area (Å²) in [7, 11) is -2.08. The maximum Gasteiger partial charge on any atom is 0.260 e. The Morgan fingerprint density at radius 3 is 2.76 bits per heavy atom. The first-order valence-electron chi connectivity index (χ1n) is 8.95. The van der Waals surface area contributed by atoms with Crippen LogP contribution in [0.2, 0.25) is 0 Å². The summed E-state index contributed by atoms with van der Waals surface area (Å²) >= 11 is 0. The van der Waals surface area contributed by atoms with E-state index in [4.69, 9.17) is 0 Å². The average molecular weight is 407 g/mol. The Morgan fingerprint density at radius 1 is 1.07 bits per heavy atom. The predicted molar refractivity (Wildman–Crippen MR) is 107 cm³/mol. The van der Waals surface area contributed by atoms with Crippen molar-refractivity contribution in [1.29, 1.82) is 0 Å². The summed E-state index contributed by atoms with van der Waals surface area (Å²) in [6, 6.07) is 11.3. The number of hydrogen-bond acceptors (Lipinski definition) is 7. The molecule has 0 bridgehead atoms. The number of anilines is 2. The van der Waals surface area contributed by atoms with E-state index < -0.39 is 10.0 Å². The van der Waals surface area contributed by atoms with E-state index in [9.17, 15) is 8.42 Å². The van der Waals surface area contributed by atoms with Gasteiger partial charge in [-0.3, -0.25) is 9.67 Å². The molecule has 0 radical (unpaired) electrons. The zero-order chi connectivity index (χ0) is 20.0. The minimum absolute atomic E-state index is 0.145. The van der Waals surface area contributed by atoms with Gasteiger partial charge in [-0.1, -0.05) is 18.2 Å². The lowest BCUT2D eigenvalue weighted by molar-refractivity contribution is 0.423. The maximum absolute atomic E-state index is 13.0. The fourth-order valence-electron chi connectivity index (χ4n) is 3.45. The number of pyridine rings is 1. The highest BCUT2D eigenvalue weighted by Crippen LogP contribution is 2.32. The molecule has 1 aromatic carbocycles. The number of hydrogen-bond donors (Lipinski definition) is 1. The van der Waals surface area contributed by atoms with Crippen LogP contribution < -0.4 is 5.32 Å². The average Bonchev–Trinajstić information content (AvgIpc) is 3.35. The van der Waals surface area contributed by atoms with Crippen LogP contribution in [0.15, 0.2) is 60.1 Å². The van der Waals surface area contributed by atoms with Gasteiger partial charge < -0.3 is 5.32 Å². The van der Waals surface area contributed by atoms with Crippen LogP contribution >= 0.6 is 0 Å². The molecule has 4 aromatic rings. The van der Waals surface area contributed by atoms with Crippen LogP contribution in [-0.2, 0) is 30.2 Å². The van der Waals surface area contributed by atoms with Gasteiger partial charge in [-0.2, -0.15) is 9.40 Å². The third-order valence-corrected chi connectivity index (χ3v) is 6.80. The number of benzene rings is 1. The molecule has 5 rings (SSSR count). The van der Waals surface area contributed by atoms with Crippen molar-refractivity contribution in [3.8, 4) is 0 Å². The zero-order valence-corrected chi connectivity index (χ0v) is 16.3. The van der Waals surface area contributed by atoms with Crippen molar-refractivity contribution in [1.82, 2.24) is 29.0 Å². The molecule has 0 saturated heterocycles. The summed E-state index contributed by atoms with van der Waals surface area (Å²) in [6.07, 6.45) is 4.64. The van der Waals surface area contributed by atoms with Crippen molar-refractivity contribution in [3.05, 3.63) is 66.4 Å². The second kappa shape index (κ2) is 6.61. The molecule has 0 aliphatic carbocycles. The standard InChI is InChI=1S/C19H17N7O2S/c1-25-18(6-7-23-25)29(27,28)26-10-15-17(11-26)21-12-22-19(15)24-14-8-13-4-2-3-5-16(13)20-9-14/h2-9,12H,10-11H2,1H3,(H,21,22,24). The van der Waals surface area contributed by atoms with E-state index >= 15 is 0 Å². The van der Waals surface area contributed by atoms with Gasteiger partial charge >= 0.3 is 0 Å². The summed E-state index contributed by atoms with van der Waals surface area (Å²) in [4.78, 5) is 13.1. The molecule has 1 aliphatic heterocycles. The molecule has 0 atom stereocenters. The number of sulfonamides is 1. The van der Waals surface area contributed by atoms with Gasteiger partial charge in [-0.15, -0.1) is 0 Å². The first-order chi connectivity index (χ1) is 14.0. The Hall–Kier alpha value is -3.37. The topological polar surface area (TPSA) is 106 Å². The highest BCUT2D eigenvalue weighted by Gasteiger charge is 2.34. The van der Waals surface area contributed by atoms with Crippen molar-refractivity contribution < 1.29 is 8.42 Å². The molecular formula is C19H17N7O2S. The molecule has 0 unspecified atom stereocenters. The summed E-state index contributed by atoms with van der Waals surface area (Å²) < 4.78 is 28.7. The molecule has 1 aliphatic rings. The monoisotopic (exact) mass is 407 g/mol.